The maximum absolute atomic E-state index is 11.0. The molecule has 1 aromatic carbocycles. The molecule has 0 radical (unpaired) electrons. The smallest absolute Gasteiger partial charge is 0.119 e. The minimum Gasteiger partial charge on any atom is -0.497 e. The Labute approximate surface area is 215 Å². The van der Waals surface area contributed by atoms with Crippen molar-refractivity contribution in [2.24, 2.45) is 11.8 Å². The Morgan fingerprint density at radius 1 is 1.11 bits per heavy atom. The summed E-state index contributed by atoms with van der Waals surface area (Å²) in [6.07, 6.45) is 13.8. The predicted molar refractivity (Wildman–Crippen MR) is 146 cm³/mol. The zero-order valence-corrected chi connectivity index (χ0v) is 22.2. The zero-order chi connectivity index (χ0) is 24.5. The zero-order valence-electron chi connectivity index (χ0n) is 21.4. The van der Waals surface area contributed by atoms with Crippen molar-refractivity contribution in [3.8, 4) is 5.75 Å². The summed E-state index contributed by atoms with van der Waals surface area (Å²) >= 11 is 2.20. The van der Waals surface area contributed by atoms with Gasteiger partial charge in [0.2, 0.25) is 0 Å². The van der Waals surface area contributed by atoms with Gasteiger partial charge in [0.1, 0.15) is 5.75 Å². The molecule has 1 saturated carbocycles. The highest BCUT2D eigenvalue weighted by molar-refractivity contribution is 7.99. The van der Waals surface area contributed by atoms with Crippen LogP contribution in [-0.4, -0.2) is 64.5 Å². The summed E-state index contributed by atoms with van der Waals surface area (Å²) in [5.41, 5.74) is 1.79. The van der Waals surface area contributed by atoms with Crippen molar-refractivity contribution in [1.82, 2.24) is 9.88 Å². The monoisotopic (exact) mass is 500 g/mol. The fraction of sp³-hybridized carbons (Fsp3) is 0.690. The van der Waals surface area contributed by atoms with Crippen LogP contribution in [0.4, 0.5) is 0 Å². The van der Waals surface area contributed by atoms with Gasteiger partial charge in [0, 0.05) is 30.0 Å². The van der Waals surface area contributed by atoms with E-state index in [1.807, 2.05) is 24.3 Å². The number of thioether (sulfide) groups is 1. The topological polar surface area (TPSA) is 65.8 Å². The molecule has 35 heavy (non-hydrogen) atoms. The third-order valence-electron chi connectivity index (χ3n) is 8.14. The summed E-state index contributed by atoms with van der Waals surface area (Å²) in [7, 11) is 1.66. The average molecular weight is 501 g/mol. The van der Waals surface area contributed by atoms with E-state index in [4.69, 9.17) is 4.74 Å². The van der Waals surface area contributed by atoms with E-state index in [0.29, 0.717) is 18.3 Å². The first kappa shape index (κ1) is 26.7. The lowest BCUT2D eigenvalue weighted by atomic mass is 9.81. The number of benzene rings is 1. The molecule has 0 bridgehead atoms. The standard InChI is InChI=1S/C29H44N2O3S/c1-34-24-10-11-28-27(19-24)26(13-15-30-28)29(33)12-9-22-14-17-31(20-23(22)21-32)16-6-18-35-25-7-4-2-3-5-8-25/h10-11,13,15,19,22-23,25,29,32-33H,2-9,12,14,16-18,20-21H2,1H3/t22-,23-,29-/m1/s1. The van der Waals surface area contributed by atoms with E-state index >= 15 is 0 Å². The molecular formula is C29H44N2O3S. The molecule has 0 unspecified atom stereocenters. The maximum Gasteiger partial charge on any atom is 0.119 e. The van der Waals surface area contributed by atoms with Crippen LogP contribution in [0.25, 0.3) is 10.9 Å². The molecule has 0 spiro atoms. The number of aliphatic hydroxyl groups excluding tert-OH is 2. The van der Waals surface area contributed by atoms with Crippen molar-refractivity contribution in [2.45, 2.75) is 75.6 Å². The van der Waals surface area contributed by atoms with Crippen LogP contribution in [0.5, 0.6) is 5.75 Å². The predicted octanol–water partition coefficient (Wildman–Crippen LogP) is 5.83. The van der Waals surface area contributed by atoms with E-state index in [1.165, 1.54) is 50.7 Å². The molecule has 2 heterocycles. The van der Waals surface area contributed by atoms with Gasteiger partial charge in [-0.15, -0.1) is 0 Å². The summed E-state index contributed by atoms with van der Waals surface area (Å²) < 4.78 is 5.38. The molecule has 6 heteroatoms. The summed E-state index contributed by atoms with van der Waals surface area (Å²) in [5, 5.41) is 23.0. The van der Waals surface area contributed by atoms with E-state index in [-0.39, 0.29) is 6.61 Å². The molecule has 1 aromatic heterocycles. The second kappa shape index (κ2) is 13.8. The first-order chi connectivity index (χ1) is 17.2. The molecule has 4 rings (SSSR count). The van der Waals surface area contributed by atoms with Crippen LogP contribution < -0.4 is 4.74 Å². The second-order valence-electron chi connectivity index (χ2n) is 10.5. The van der Waals surface area contributed by atoms with Crippen LogP contribution in [0.2, 0.25) is 0 Å². The molecule has 5 nitrogen and oxygen atoms in total. The molecule has 194 valence electrons. The van der Waals surface area contributed by atoms with Gasteiger partial charge >= 0.3 is 0 Å². The van der Waals surface area contributed by atoms with Crippen LogP contribution in [0.3, 0.4) is 0 Å². The summed E-state index contributed by atoms with van der Waals surface area (Å²) in [4.78, 5) is 7.00. The lowest BCUT2D eigenvalue weighted by molar-refractivity contribution is 0.0581. The minimum absolute atomic E-state index is 0.240. The number of rotatable bonds is 11. The third-order valence-corrected chi connectivity index (χ3v) is 9.60. The highest BCUT2D eigenvalue weighted by Crippen LogP contribution is 2.34. The molecule has 3 atom stereocenters. The summed E-state index contributed by atoms with van der Waals surface area (Å²) in [6.45, 7) is 3.49. The van der Waals surface area contributed by atoms with Gasteiger partial charge in [-0.05, 0) is 99.0 Å². The number of piperidine rings is 1. The van der Waals surface area contributed by atoms with Gasteiger partial charge in [-0.1, -0.05) is 25.7 Å². The lowest BCUT2D eigenvalue weighted by Crippen LogP contribution is -2.42. The average Bonchev–Trinajstić information content (AvgIpc) is 3.18. The Kier molecular flexibility index (Phi) is 10.6. The van der Waals surface area contributed by atoms with Gasteiger partial charge in [-0.3, -0.25) is 4.98 Å². The van der Waals surface area contributed by atoms with Crippen molar-refractivity contribution in [1.29, 1.82) is 0 Å². The number of ether oxygens (including phenoxy) is 1. The number of methoxy groups -OCH3 is 1. The normalized spacial score (nSPS) is 23.3. The number of fused-ring (bicyclic) bond motifs is 1. The van der Waals surface area contributed by atoms with Gasteiger partial charge in [-0.25, -0.2) is 0 Å². The molecule has 2 aliphatic rings. The van der Waals surface area contributed by atoms with Crippen LogP contribution in [0, 0.1) is 11.8 Å². The molecule has 0 amide bonds. The molecule has 2 N–H and O–H groups in total. The van der Waals surface area contributed by atoms with E-state index in [1.54, 1.807) is 13.3 Å². The van der Waals surface area contributed by atoms with Crippen molar-refractivity contribution >= 4 is 22.7 Å². The molecule has 1 aliphatic heterocycles. The van der Waals surface area contributed by atoms with Gasteiger partial charge < -0.3 is 19.8 Å². The highest BCUT2D eigenvalue weighted by atomic mass is 32.2. The van der Waals surface area contributed by atoms with E-state index in [2.05, 4.69) is 21.6 Å². The fourth-order valence-corrected chi connectivity index (χ4v) is 7.28. The number of nitrogens with zero attached hydrogens (tertiary/aromatic N) is 2. The Hall–Kier alpha value is -1.34. The maximum atomic E-state index is 11.0. The minimum atomic E-state index is -0.536. The number of aromatic nitrogens is 1. The Morgan fingerprint density at radius 3 is 2.71 bits per heavy atom. The van der Waals surface area contributed by atoms with E-state index in [9.17, 15) is 10.2 Å². The number of hydrogen-bond acceptors (Lipinski definition) is 6. The highest BCUT2D eigenvalue weighted by Gasteiger charge is 2.29. The molecule has 1 aliphatic carbocycles. The number of likely N-dealkylation sites (tertiary alicyclic amines) is 1. The van der Waals surface area contributed by atoms with Gasteiger partial charge in [-0.2, -0.15) is 11.8 Å². The largest absolute Gasteiger partial charge is 0.497 e. The van der Waals surface area contributed by atoms with Crippen LogP contribution >= 0.6 is 11.8 Å². The van der Waals surface area contributed by atoms with Crippen molar-refractivity contribution in [3.05, 3.63) is 36.0 Å². The Bertz CT molecular complexity index is 903. The van der Waals surface area contributed by atoms with Crippen LogP contribution in [-0.2, 0) is 0 Å². The van der Waals surface area contributed by atoms with Gasteiger partial charge in [0.05, 0.1) is 18.7 Å². The second-order valence-corrected chi connectivity index (χ2v) is 11.9. The molecule has 1 saturated heterocycles. The number of pyridine rings is 1. The first-order valence-electron chi connectivity index (χ1n) is 13.7. The quantitative estimate of drug-likeness (QED) is 0.299. The van der Waals surface area contributed by atoms with Crippen LogP contribution in [0.1, 0.15) is 75.9 Å². The molecule has 2 aromatic rings. The number of aliphatic hydroxyl groups is 2. The lowest BCUT2D eigenvalue weighted by Gasteiger charge is -2.38. The summed E-state index contributed by atoms with van der Waals surface area (Å²) in [5.74, 6) is 2.82. The number of hydrogen-bond donors (Lipinski definition) is 2. The van der Waals surface area contributed by atoms with Crippen LogP contribution in [0.15, 0.2) is 30.5 Å². The van der Waals surface area contributed by atoms with Crippen molar-refractivity contribution in [2.75, 3.05) is 39.1 Å². The first-order valence-corrected chi connectivity index (χ1v) is 14.8. The van der Waals surface area contributed by atoms with Gasteiger partial charge in [0.25, 0.3) is 0 Å². The summed E-state index contributed by atoms with van der Waals surface area (Å²) in [6, 6.07) is 7.73. The Balaban J connectivity index is 1.23. The molecule has 2 fully saturated rings. The fourth-order valence-electron chi connectivity index (χ4n) is 5.98. The van der Waals surface area contributed by atoms with E-state index in [0.717, 1.165) is 59.9 Å². The SMILES string of the molecule is COc1ccc2nccc([C@H](O)CC[C@@H]3CCN(CCCSC4CCCCCC4)C[C@@H]3CO)c2c1. The van der Waals surface area contributed by atoms with E-state index < -0.39 is 6.10 Å². The van der Waals surface area contributed by atoms with Crippen molar-refractivity contribution < 1.29 is 14.9 Å². The van der Waals surface area contributed by atoms with Gasteiger partial charge in [0.15, 0.2) is 0 Å². The third kappa shape index (κ3) is 7.58. The Morgan fingerprint density at radius 2 is 1.94 bits per heavy atom. The van der Waals surface area contributed by atoms with Crippen molar-refractivity contribution in [3.63, 3.8) is 0 Å². The molecular weight excluding hydrogens is 456 g/mol.